The Kier molecular flexibility index (Phi) is 7.59. The van der Waals surface area contributed by atoms with Gasteiger partial charge in [0.2, 0.25) is 15.9 Å². The van der Waals surface area contributed by atoms with Gasteiger partial charge < -0.3 is 10.1 Å². The Bertz CT molecular complexity index is 1010. The standard InChI is InChI=1S/C19H20ClF3N2O4S/c1-3-29-17-7-5-4-6-13(17)11-24-18(26)12-25(30(2,27)28)14-8-9-16(20)15(10-14)19(21,22)23/h4-10H,3,11-12H2,1-2H3,(H,24,26). The van der Waals surface area contributed by atoms with E-state index in [9.17, 15) is 26.4 Å². The number of anilines is 1. The van der Waals surface area contributed by atoms with Gasteiger partial charge in [0.05, 0.1) is 29.1 Å². The van der Waals surface area contributed by atoms with Gasteiger partial charge in [0.1, 0.15) is 12.3 Å². The molecular formula is C19H20ClF3N2O4S. The Morgan fingerprint density at radius 3 is 2.47 bits per heavy atom. The second-order valence-electron chi connectivity index (χ2n) is 6.25. The highest BCUT2D eigenvalue weighted by molar-refractivity contribution is 7.92. The quantitative estimate of drug-likeness (QED) is 0.644. The molecule has 0 saturated carbocycles. The summed E-state index contributed by atoms with van der Waals surface area (Å²) in [6.07, 6.45) is -3.98. The van der Waals surface area contributed by atoms with Crippen LogP contribution in [-0.2, 0) is 27.5 Å². The van der Waals surface area contributed by atoms with Gasteiger partial charge >= 0.3 is 6.18 Å². The molecule has 0 aliphatic heterocycles. The van der Waals surface area contributed by atoms with Crippen molar-refractivity contribution in [1.82, 2.24) is 5.32 Å². The number of amides is 1. The van der Waals surface area contributed by atoms with E-state index in [1.807, 2.05) is 0 Å². The predicted octanol–water partition coefficient (Wildman–Crippen LogP) is 3.84. The van der Waals surface area contributed by atoms with E-state index in [0.717, 1.165) is 18.4 Å². The fourth-order valence-electron chi connectivity index (χ4n) is 2.61. The lowest BCUT2D eigenvalue weighted by Gasteiger charge is -2.23. The number of sulfonamides is 1. The van der Waals surface area contributed by atoms with Crippen molar-refractivity contribution < 1.29 is 31.1 Å². The van der Waals surface area contributed by atoms with E-state index in [-0.39, 0.29) is 12.2 Å². The number of para-hydroxylation sites is 1. The summed E-state index contributed by atoms with van der Waals surface area (Å²) in [6.45, 7) is 1.58. The maximum atomic E-state index is 13.1. The van der Waals surface area contributed by atoms with Gasteiger partial charge in [0.15, 0.2) is 0 Å². The topological polar surface area (TPSA) is 75.7 Å². The third-order valence-corrected chi connectivity index (χ3v) is 5.45. The lowest BCUT2D eigenvalue weighted by Crippen LogP contribution is -2.40. The molecular weight excluding hydrogens is 445 g/mol. The molecule has 0 fully saturated rings. The number of carbonyl (C=O) groups excluding carboxylic acids is 1. The molecule has 30 heavy (non-hydrogen) atoms. The SMILES string of the molecule is CCOc1ccccc1CNC(=O)CN(c1ccc(Cl)c(C(F)(F)F)c1)S(C)(=O)=O. The summed E-state index contributed by atoms with van der Waals surface area (Å²) in [7, 11) is -4.05. The van der Waals surface area contributed by atoms with E-state index in [2.05, 4.69) is 5.32 Å². The van der Waals surface area contributed by atoms with Crippen molar-refractivity contribution in [2.45, 2.75) is 19.6 Å². The Labute approximate surface area is 177 Å². The summed E-state index contributed by atoms with van der Waals surface area (Å²) >= 11 is 5.58. The van der Waals surface area contributed by atoms with Crippen molar-refractivity contribution in [2.75, 3.05) is 23.7 Å². The Morgan fingerprint density at radius 2 is 1.87 bits per heavy atom. The number of halogens is 4. The molecule has 6 nitrogen and oxygen atoms in total. The molecule has 0 aromatic heterocycles. The van der Waals surface area contributed by atoms with Crippen LogP contribution in [0.15, 0.2) is 42.5 Å². The van der Waals surface area contributed by atoms with Gasteiger partial charge in [-0.2, -0.15) is 13.2 Å². The highest BCUT2D eigenvalue weighted by atomic mass is 35.5. The summed E-state index contributed by atoms with van der Waals surface area (Å²) in [5.41, 5.74) is -0.843. The number of carbonyl (C=O) groups is 1. The van der Waals surface area contributed by atoms with Gasteiger partial charge in [-0.25, -0.2) is 8.42 Å². The monoisotopic (exact) mass is 464 g/mol. The minimum atomic E-state index is -4.78. The number of rotatable bonds is 8. The zero-order valence-electron chi connectivity index (χ0n) is 16.2. The third kappa shape index (κ3) is 6.27. The molecule has 0 bridgehead atoms. The summed E-state index contributed by atoms with van der Waals surface area (Å²) in [5, 5.41) is 1.98. The summed E-state index contributed by atoms with van der Waals surface area (Å²) in [5.74, 6) is -0.136. The van der Waals surface area contributed by atoms with Crippen LogP contribution in [-0.4, -0.2) is 33.7 Å². The number of hydrogen-bond donors (Lipinski definition) is 1. The maximum Gasteiger partial charge on any atom is 0.417 e. The van der Waals surface area contributed by atoms with Crippen molar-refractivity contribution in [3.63, 3.8) is 0 Å². The molecule has 0 spiro atoms. The average molecular weight is 465 g/mol. The summed E-state index contributed by atoms with van der Waals surface area (Å²) in [4.78, 5) is 12.4. The molecule has 11 heteroatoms. The number of benzene rings is 2. The first-order valence-corrected chi connectivity index (χ1v) is 11.0. The fraction of sp³-hybridized carbons (Fsp3) is 0.316. The number of hydrogen-bond acceptors (Lipinski definition) is 4. The van der Waals surface area contributed by atoms with E-state index in [0.29, 0.717) is 28.3 Å². The normalized spacial score (nSPS) is 11.8. The second kappa shape index (κ2) is 9.57. The zero-order chi connectivity index (χ0) is 22.5. The first-order chi connectivity index (χ1) is 13.9. The molecule has 164 valence electrons. The van der Waals surface area contributed by atoms with E-state index < -0.39 is 39.2 Å². The van der Waals surface area contributed by atoms with E-state index in [4.69, 9.17) is 16.3 Å². The number of nitrogens with one attached hydrogen (secondary N) is 1. The van der Waals surface area contributed by atoms with Gasteiger partial charge in [0, 0.05) is 12.1 Å². The Balaban J connectivity index is 2.22. The molecule has 0 unspecified atom stereocenters. The lowest BCUT2D eigenvalue weighted by molar-refractivity contribution is -0.137. The Morgan fingerprint density at radius 1 is 1.20 bits per heavy atom. The summed E-state index contributed by atoms with van der Waals surface area (Å²) in [6, 6.07) is 9.61. The highest BCUT2D eigenvalue weighted by Crippen LogP contribution is 2.37. The smallest absolute Gasteiger partial charge is 0.417 e. The van der Waals surface area contributed by atoms with Gasteiger partial charge in [-0.15, -0.1) is 0 Å². The molecule has 0 aliphatic carbocycles. The van der Waals surface area contributed by atoms with Crippen LogP contribution in [0.3, 0.4) is 0 Å². The molecule has 0 radical (unpaired) electrons. The van der Waals surface area contributed by atoms with Crippen LogP contribution in [0.5, 0.6) is 5.75 Å². The molecule has 0 atom stereocenters. The second-order valence-corrected chi connectivity index (χ2v) is 8.56. The van der Waals surface area contributed by atoms with Crippen LogP contribution < -0.4 is 14.4 Å². The van der Waals surface area contributed by atoms with Crippen molar-refractivity contribution in [2.24, 2.45) is 0 Å². The molecule has 2 aromatic carbocycles. The zero-order valence-corrected chi connectivity index (χ0v) is 17.7. The van der Waals surface area contributed by atoms with E-state index >= 15 is 0 Å². The number of nitrogens with zero attached hydrogens (tertiary/aromatic N) is 1. The Hall–Kier alpha value is -2.46. The van der Waals surface area contributed by atoms with Crippen LogP contribution in [0.25, 0.3) is 0 Å². The van der Waals surface area contributed by atoms with Crippen LogP contribution in [0.1, 0.15) is 18.1 Å². The number of alkyl halides is 3. The van der Waals surface area contributed by atoms with E-state index in [1.54, 1.807) is 31.2 Å². The van der Waals surface area contributed by atoms with Crippen LogP contribution in [0.4, 0.5) is 18.9 Å². The maximum absolute atomic E-state index is 13.1. The van der Waals surface area contributed by atoms with Gasteiger partial charge in [-0.3, -0.25) is 9.10 Å². The highest BCUT2D eigenvalue weighted by Gasteiger charge is 2.34. The molecule has 0 heterocycles. The van der Waals surface area contributed by atoms with Crippen molar-refractivity contribution in [1.29, 1.82) is 0 Å². The predicted molar refractivity (Wildman–Crippen MR) is 108 cm³/mol. The van der Waals surface area contributed by atoms with Crippen LogP contribution in [0, 0.1) is 0 Å². The van der Waals surface area contributed by atoms with E-state index in [1.165, 1.54) is 0 Å². The molecule has 0 aliphatic rings. The molecule has 2 rings (SSSR count). The minimum absolute atomic E-state index is 0.0566. The van der Waals surface area contributed by atoms with Crippen molar-refractivity contribution in [3.8, 4) is 5.75 Å². The molecule has 2 aromatic rings. The van der Waals surface area contributed by atoms with Gasteiger partial charge in [-0.1, -0.05) is 29.8 Å². The largest absolute Gasteiger partial charge is 0.494 e. The average Bonchev–Trinajstić information content (AvgIpc) is 2.64. The number of ether oxygens (including phenoxy) is 1. The molecule has 0 saturated heterocycles. The van der Waals surface area contributed by atoms with Crippen molar-refractivity contribution in [3.05, 3.63) is 58.6 Å². The first-order valence-electron chi connectivity index (χ1n) is 8.75. The van der Waals surface area contributed by atoms with Gasteiger partial charge in [0.25, 0.3) is 0 Å². The lowest BCUT2D eigenvalue weighted by atomic mass is 10.2. The van der Waals surface area contributed by atoms with Crippen LogP contribution >= 0.6 is 11.6 Å². The molecule has 1 N–H and O–H groups in total. The molecule has 1 amide bonds. The summed E-state index contributed by atoms with van der Waals surface area (Å²) < 4.78 is 69.7. The first kappa shape index (κ1) is 23.8. The third-order valence-electron chi connectivity index (χ3n) is 3.98. The fourth-order valence-corrected chi connectivity index (χ4v) is 3.68. The minimum Gasteiger partial charge on any atom is -0.494 e. The van der Waals surface area contributed by atoms with Crippen LogP contribution in [0.2, 0.25) is 5.02 Å². The van der Waals surface area contributed by atoms with Crippen molar-refractivity contribution >= 4 is 33.2 Å². The van der Waals surface area contributed by atoms with Gasteiger partial charge in [-0.05, 0) is 31.2 Å².